The first-order valence-corrected chi connectivity index (χ1v) is 9.25. The number of benzene rings is 2. The maximum Gasteiger partial charge on any atom is 0.325 e. The van der Waals surface area contributed by atoms with Gasteiger partial charge in [0, 0.05) is 0 Å². The molecule has 0 aromatic heterocycles. The quantitative estimate of drug-likeness (QED) is 0.546. The van der Waals surface area contributed by atoms with Gasteiger partial charge in [0.1, 0.15) is 6.54 Å². The molecular weight excluding hydrogens is 342 g/mol. The van der Waals surface area contributed by atoms with Gasteiger partial charge in [-0.1, -0.05) is 60.7 Å². The predicted octanol–water partition coefficient (Wildman–Crippen LogP) is 2.53. The van der Waals surface area contributed by atoms with Crippen LogP contribution in [0.1, 0.15) is 17.5 Å². The van der Waals surface area contributed by atoms with Crippen molar-refractivity contribution in [3.63, 3.8) is 0 Å². The normalized spacial score (nSPS) is 19.1. The van der Waals surface area contributed by atoms with E-state index in [4.69, 9.17) is 4.74 Å². The molecule has 0 unspecified atom stereocenters. The maximum atomic E-state index is 12.7. The van der Waals surface area contributed by atoms with Crippen LogP contribution < -0.4 is 5.32 Å². The minimum absolute atomic E-state index is 0.0720. The smallest absolute Gasteiger partial charge is 0.325 e. The van der Waals surface area contributed by atoms with Gasteiger partial charge in [-0.3, -0.25) is 9.59 Å². The van der Waals surface area contributed by atoms with Crippen LogP contribution in [-0.2, 0) is 31.9 Å². The second-order valence-electron chi connectivity index (χ2n) is 6.75. The molecule has 1 aliphatic heterocycles. The lowest BCUT2D eigenvalue weighted by atomic mass is 9.92. The molecule has 0 aliphatic carbocycles. The zero-order valence-electron chi connectivity index (χ0n) is 15.5. The number of methoxy groups -OCH3 is 1. The second kappa shape index (κ2) is 9.33. The van der Waals surface area contributed by atoms with E-state index in [0.29, 0.717) is 6.42 Å². The maximum absolute atomic E-state index is 12.7. The third-order valence-corrected chi connectivity index (χ3v) is 4.85. The molecule has 0 saturated carbocycles. The van der Waals surface area contributed by atoms with Gasteiger partial charge in [-0.15, -0.1) is 0 Å². The van der Waals surface area contributed by atoms with Crippen LogP contribution in [0.4, 0.5) is 0 Å². The van der Waals surface area contributed by atoms with Gasteiger partial charge in [0.2, 0.25) is 5.91 Å². The van der Waals surface area contributed by atoms with Gasteiger partial charge < -0.3 is 14.8 Å². The van der Waals surface area contributed by atoms with E-state index in [1.165, 1.54) is 12.7 Å². The van der Waals surface area contributed by atoms with Gasteiger partial charge in [0.05, 0.1) is 25.2 Å². The fraction of sp³-hybridized carbons (Fsp3) is 0.364. The van der Waals surface area contributed by atoms with Gasteiger partial charge in [-0.2, -0.15) is 0 Å². The number of nitrogens with one attached hydrogen (secondary N) is 1. The number of esters is 1. The molecule has 1 heterocycles. The lowest BCUT2D eigenvalue weighted by Gasteiger charge is -2.15. The van der Waals surface area contributed by atoms with E-state index >= 15 is 0 Å². The summed E-state index contributed by atoms with van der Waals surface area (Å²) in [6, 6.07) is 20.1. The van der Waals surface area contributed by atoms with E-state index in [2.05, 4.69) is 22.2 Å². The van der Waals surface area contributed by atoms with E-state index in [1.54, 1.807) is 0 Å². The molecule has 3 rings (SSSR count). The summed E-state index contributed by atoms with van der Waals surface area (Å²) in [6.07, 6.45) is 2.34. The number of amides is 1. The molecule has 0 radical (unpaired) electrons. The molecule has 1 N–H and O–H groups in total. The monoisotopic (exact) mass is 367 g/mol. The summed E-state index contributed by atoms with van der Waals surface area (Å²) in [6.45, 7) is -0.123. The van der Waals surface area contributed by atoms with Crippen molar-refractivity contribution in [2.45, 2.75) is 31.5 Å². The van der Waals surface area contributed by atoms with Crippen molar-refractivity contribution in [3.05, 3.63) is 71.8 Å². The molecule has 1 aliphatic rings. The Morgan fingerprint density at radius 3 is 2.30 bits per heavy atom. The molecule has 5 heteroatoms. The molecule has 3 atom stereocenters. The number of hydrogen-bond acceptors (Lipinski definition) is 4. The van der Waals surface area contributed by atoms with E-state index < -0.39 is 5.97 Å². The highest BCUT2D eigenvalue weighted by atomic mass is 16.6. The lowest BCUT2D eigenvalue weighted by molar-refractivity contribution is -0.141. The Morgan fingerprint density at radius 2 is 1.67 bits per heavy atom. The Kier molecular flexibility index (Phi) is 6.60. The Bertz CT molecular complexity index is 747. The second-order valence-corrected chi connectivity index (χ2v) is 6.75. The minimum Gasteiger partial charge on any atom is -0.468 e. The van der Waals surface area contributed by atoms with E-state index in [9.17, 15) is 9.59 Å². The van der Waals surface area contributed by atoms with Crippen molar-refractivity contribution >= 4 is 11.9 Å². The Balaban J connectivity index is 1.59. The molecule has 0 bridgehead atoms. The number of rotatable bonds is 9. The van der Waals surface area contributed by atoms with Crippen LogP contribution >= 0.6 is 0 Å². The molecule has 2 aromatic carbocycles. The molecule has 27 heavy (non-hydrogen) atoms. The number of ether oxygens (including phenoxy) is 2. The lowest BCUT2D eigenvalue weighted by Crippen LogP contribution is -2.38. The van der Waals surface area contributed by atoms with Crippen molar-refractivity contribution in [2.75, 3.05) is 13.7 Å². The highest BCUT2D eigenvalue weighted by Gasteiger charge is 2.47. The SMILES string of the molecule is COC(=O)CNC(=O)[C@H](Cc1ccccc1)[C@@H]1O[C@H]1CCc1ccccc1. The first-order valence-electron chi connectivity index (χ1n) is 9.25. The van der Waals surface area contributed by atoms with Crippen LogP contribution in [0, 0.1) is 5.92 Å². The van der Waals surface area contributed by atoms with Crippen LogP contribution in [0.3, 0.4) is 0 Å². The van der Waals surface area contributed by atoms with E-state index in [1.807, 2.05) is 48.5 Å². The first-order chi connectivity index (χ1) is 13.2. The first kappa shape index (κ1) is 19.1. The number of epoxide rings is 1. The summed E-state index contributed by atoms with van der Waals surface area (Å²) in [5.41, 5.74) is 2.34. The van der Waals surface area contributed by atoms with Crippen LogP contribution in [-0.4, -0.2) is 37.7 Å². The summed E-state index contributed by atoms with van der Waals surface area (Å²) >= 11 is 0. The van der Waals surface area contributed by atoms with Crippen LogP contribution in [0.15, 0.2) is 60.7 Å². The average Bonchev–Trinajstić information content (AvgIpc) is 3.49. The zero-order chi connectivity index (χ0) is 19.1. The van der Waals surface area contributed by atoms with Gasteiger partial charge >= 0.3 is 5.97 Å². The van der Waals surface area contributed by atoms with Crippen molar-refractivity contribution in [3.8, 4) is 0 Å². The van der Waals surface area contributed by atoms with Gasteiger partial charge in [0.15, 0.2) is 0 Å². The molecule has 1 fully saturated rings. The number of aryl methyl sites for hydroxylation is 1. The van der Waals surface area contributed by atoms with Crippen LogP contribution in [0.5, 0.6) is 0 Å². The zero-order valence-corrected chi connectivity index (χ0v) is 15.5. The third kappa shape index (κ3) is 5.66. The molecule has 1 saturated heterocycles. The highest BCUT2D eigenvalue weighted by Crippen LogP contribution is 2.35. The molecule has 142 valence electrons. The summed E-state index contributed by atoms with van der Waals surface area (Å²) < 4.78 is 10.4. The minimum atomic E-state index is -0.459. The van der Waals surface area contributed by atoms with Crippen molar-refractivity contribution in [1.29, 1.82) is 0 Å². The summed E-state index contributed by atoms with van der Waals surface area (Å²) in [5, 5.41) is 2.68. The number of hydrogen-bond donors (Lipinski definition) is 1. The molecule has 2 aromatic rings. The number of carbonyl (C=O) groups is 2. The topological polar surface area (TPSA) is 67.9 Å². The molecule has 5 nitrogen and oxygen atoms in total. The molecule has 0 spiro atoms. The van der Waals surface area contributed by atoms with Crippen molar-refractivity contribution in [2.24, 2.45) is 5.92 Å². The van der Waals surface area contributed by atoms with Crippen molar-refractivity contribution in [1.82, 2.24) is 5.32 Å². The Labute approximate surface area is 159 Å². The van der Waals surface area contributed by atoms with Crippen LogP contribution in [0.2, 0.25) is 0 Å². The highest BCUT2D eigenvalue weighted by molar-refractivity contribution is 5.84. The summed E-state index contributed by atoms with van der Waals surface area (Å²) in [5.74, 6) is -0.951. The molecular formula is C22H25NO4. The fourth-order valence-corrected chi connectivity index (χ4v) is 3.28. The Hall–Kier alpha value is -2.66. The predicted molar refractivity (Wildman–Crippen MR) is 102 cm³/mol. The standard InChI is InChI=1S/C22H25NO4/c1-26-20(24)15-23-22(25)18(14-17-10-6-3-7-11-17)21-19(27-21)13-12-16-8-4-2-5-9-16/h2-11,18-19,21H,12-15H2,1H3,(H,23,25)/t18-,19+,21+/m1/s1. The average molecular weight is 367 g/mol. The van der Waals surface area contributed by atoms with Crippen molar-refractivity contribution < 1.29 is 19.1 Å². The Morgan fingerprint density at radius 1 is 1.04 bits per heavy atom. The van der Waals surface area contributed by atoms with Crippen LogP contribution in [0.25, 0.3) is 0 Å². The van der Waals surface area contributed by atoms with Gasteiger partial charge in [0.25, 0.3) is 0 Å². The fourth-order valence-electron chi connectivity index (χ4n) is 3.28. The van der Waals surface area contributed by atoms with Gasteiger partial charge in [-0.25, -0.2) is 0 Å². The summed E-state index contributed by atoms with van der Waals surface area (Å²) in [7, 11) is 1.31. The molecule has 1 amide bonds. The number of carbonyl (C=O) groups excluding carboxylic acids is 2. The van der Waals surface area contributed by atoms with E-state index in [0.717, 1.165) is 18.4 Å². The van der Waals surface area contributed by atoms with Gasteiger partial charge in [-0.05, 0) is 30.4 Å². The third-order valence-electron chi connectivity index (χ3n) is 4.85. The summed E-state index contributed by atoms with van der Waals surface area (Å²) in [4.78, 5) is 24.0. The largest absolute Gasteiger partial charge is 0.468 e. The van der Waals surface area contributed by atoms with E-state index in [-0.39, 0.29) is 30.6 Å².